The van der Waals surface area contributed by atoms with Crippen LogP contribution >= 0.6 is 0 Å². The second-order valence-electron chi connectivity index (χ2n) is 10.6. The van der Waals surface area contributed by atoms with Gasteiger partial charge in [0, 0.05) is 35.8 Å². The van der Waals surface area contributed by atoms with Crippen LogP contribution in [0.2, 0.25) is 0 Å². The van der Waals surface area contributed by atoms with E-state index in [1.807, 2.05) is 0 Å². The third kappa shape index (κ3) is 0.889. The largest absolute Gasteiger partial charge is 0.392 e. The maximum Gasteiger partial charge on any atom is 0.146 e. The van der Waals surface area contributed by atoms with Crippen LogP contribution in [0.25, 0.3) is 0 Å². The van der Waals surface area contributed by atoms with Crippen molar-refractivity contribution in [3.05, 3.63) is 12.2 Å². The zero-order chi connectivity index (χ0) is 16.4. The van der Waals surface area contributed by atoms with Gasteiger partial charge in [-0.2, -0.15) is 0 Å². The van der Waals surface area contributed by atoms with Gasteiger partial charge in [-0.3, -0.25) is 9.69 Å². The van der Waals surface area contributed by atoms with Gasteiger partial charge in [0.25, 0.3) is 0 Å². The van der Waals surface area contributed by atoms with E-state index in [0.29, 0.717) is 6.42 Å². The zero-order valence-corrected chi connectivity index (χ0v) is 14.2. The van der Waals surface area contributed by atoms with Crippen LogP contribution in [0.1, 0.15) is 39.0 Å². The van der Waals surface area contributed by atoms with E-state index in [1.165, 1.54) is 12.8 Å². The molecule has 0 amide bonds. The number of hydrogen-bond acceptors (Lipinski definition) is 4. The van der Waals surface area contributed by atoms with Crippen LogP contribution in [0.15, 0.2) is 12.2 Å². The number of nitrogens with zero attached hydrogens (tertiary/aromatic N) is 1. The predicted molar refractivity (Wildman–Crippen MR) is 85.6 cm³/mol. The fraction of sp³-hybridized carbons (Fsp3) is 0.850. The molecule has 2 spiro atoms. The maximum atomic E-state index is 13.5. The SMILES string of the molecule is C=C1CC23C[C@]4(O)[C@H]5C67CCC[C@@]5(C)CN4C6[C@H]2C(O)[C@H]1C(=O)[C@H]37. The standard InChI is InChI=1S/C20H25NO3/c1-9-6-18-7-20(24)16-17(2)4-3-5-19(16)14(18)13(23)10(9)12(22)11(18)15(19)21(20)8-17/h10-12,14-16,22,24H,1,3-8H2,2H3/t10-,11+,12?,14+,15?,16+,17-,18?,19?,20-/m0/s1. The van der Waals surface area contributed by atoms with Gasteiger partial charge in [0.05, 0.1) is 12.0 Å². The normalized spacial score (nSPS) is 73.0. The average molecular weight is 327 g/mol. The zero-order valence-electron chi connectivity index (χ0n) is 14.2. The number of fused-ring (bicyclic) bond motifs is 1. The van der Waals surface area contributed by atoms with E-state index in [4.69, 9.17) is 0 Å². The van der Waals surface area contributed by atoms with E-state index in [2.05, 4.69) is 18.4 Å². The molecule has 3 saturated heterocycles. The fourth-order valence-corrected chi connectivity index (χ4v) is 10.4. The van der Waals surface area contributed by atoms with Crippen molar-refractivity contribution in [3.8, 4) is 0 Å². The van der Waals surface area contributed by atoms with Crippen LogP contribution in [-0.2, 0) is 4.79 Å². The summed E-state index contributed by atoms with van der Waals surface area (Å²) in [7, 11) is 0. The molecule has 0 aromatic heterocycles. The van der Waals surface area contributed by atoms with Gasteiger partial charge < -0.3 is 10.2 Å². The molecule has 5 unspecified atom stereocenters. The van der Waals surface area contributed by atoms with Crippen LogP contribution < -0.4 is 0 Å². The molecule has 11 atom stereocenters. The minimum atomic E-state index is -0.739. The molecule has 3 heterocycles. The molecule has 2 N–H and O–H groups in total. The van der Waals surface area contributed by atoms with Gasteiger partial charge in [0.2, 0.25) is 0 Å². The van der Waals surface area contributed by atoms with Crippen LogP contribution in [0, 0.1) is 39.9 Å². The summed E-state index contributed by atoms with van der Waals surface area (Å²) in [5, 5.41) is 23.0. The van der Waals surface area contributed by atoms with Crippen molar-refractivity contribution in [1.82, 2.24) is 4.90 Å². The average Bonchev–Trinajstić information content (AvgIpc) is 2.84. The van der Waals surface area contributed by atoms with Gasteiger partial charge in [-0.1, -0.05) is 25.5 Å². The molecule has 4 nitrogen and oxygen atoms in total. The molecule has 6 aliphatic carbocycles. The summed E-state index contributed by atoms with van der Waals surface area (Å²) in [6.07, 6.45) is 4.37. The van der Waals surface area contributed by atoms with Gasteiger partial charge in [-0.15, -0.1) is 0 Å². The molecule has 0 aromatic rings. The first-order valence-corrected chi connectivity index (χ1v) is 9.70. The molecule has 9 bridgehead atoms. The van der Waals surface area contributed by atoms with E-state index < -0.39 is 11.8 Å². The molecule has 3 aliphatic heterocycles. The van der Waals surface area contributed by atoms with Crippen LogP contribution in [-0.4, -0.2) is 45.3 Å². The Morgan fingerprint density at radius 2 is 2.12 bits per heavy atom. The highest BCUT2D eigenvalue weighted by Crippen LogP contribution is 2.88. The summed E-state index contributed by atoms with van der Waals surface area (Å²) in [5.41, 5.74) is 0.0534. The lowest BCUT2D eigenvalue weighted by Gasteiger charge is -2.64. The lowest BCUT2D eigenvalue weighted by molar-refractivity contribution is -0.232. The van der Waals surface area contributed by atoms with Crippen molar-refractivity contribution in [2.45, 2.75) is 56.9 Å². The Labute approximate surface area is 141 Å². The van der Waals surface area contributed by atoms with Gasteiger partial charge in [-0.25, -0.2) is 0 Å². The topological polar surface area (TPSA) is 60.8 Å². The Morgan fingerprint density at radius 1 is 1.33 bits per heavy atom. The number of rotatable bonds is 0. The molecule has 4 heteroatoms. The smallest absolute Gasteiger partial charge is 0.146 e. The molecule has 0 radical (unpaired) electrons. The molecule has 9 aliphatic rings. The van der Waals surface area contributed by atoms with Crippen LogP contribution in [0.3, 0.4) is 0 Å². The third-order valence-electron chi connectivity index (χ3n) is 9.97. The second-order valence-corrected chi connectivity index (χ2v) is 10.6. The number of ketones is 1. The molecule has 9 fully saturated rings. The predicted octanol–water partition coefficient (Wildman–Crippen LogP) is 1.32. The van der Waals surface area contributed by atoms with Crippen LogP contribution in [0.5, 0.6) is 0 Å². The van der Waals surface area contributed by atoms with E-state index in [-0.39, 0.29) is 51.7 Å². The van der Waals surface area contributed by atoms with Gasteiger partial charge in [0.1, 0.15) is 11.5 Å². The minimum Gasteiger partial charge on any atom is -0.392 e. The van der Waals surface area contributed by atoms with Gasteiger partial charge >= 0.3 is 0 Å². The lowest BCUT2D eigenvalue weighted by Crippen LogP contribution is -2.69. The third-order valence-corrected chi connectivity index (χ3v) is 9.97. The summed E-state index contributed by atoms with van der Waals surface area (Å²) < 4.78 is 0. The molecule has 128 valence electrons. The van der Waals surface area contributed by atoms with Crippen molar-refractivity contribution in [2.75, 3.05) is 6.54 Å². The summed E-state index contributed by atoms with van der Waals surface area (Å²) in [5.74, 6) is 0.401. The second kappa shape index (κ2) is 3.19. The van der Waals surface area contributed by atoms with Gasteiger partial charge in [0.15, 0.2) is 0 Å². The first-order valence-electron chi connectivity index (χ1n) is 9.70. The van der Waals surface area contributed by atoms with Crippen molar-refractivity contribution in [2.24, 2.45) is 39.9 Å². The Hall–Kier alpha value is -0.710. The first-order chi connectivity index (χ1) is 11.3. The number of hydrogen-bond donors (Lipinski definition) is 2. The highest BCUT2D eigenvalue weighted by Gasteiger charge is 2.93. The lowest BCUT2D eigenvalue weighted by atomic mass is 9.39. The molecule has 24 heavy (non-hydrogen) atoms. The quantitative estimate of drug-likeness (QED) is 0.659. The van der Waals surface area contributed by atoms with E-state index in [1.54, 1.807) is 0 Å². The van der Waals surface area contributed by atoms with Crippen LogP contribution in [0.4, 0.5) is 0 Å². The number of aliphatic hydroxyl groups is 2. The number of carbonyl (C=O) groups excluding carboxylic acids is 1. The Balaban J connectivity index is 1.58. The molecule has 6 saturated carbocycles. The molecular formula is C20H25NO3. The maximum absolute atomic E-state index is 13.5. The summed E-state index contributed by atoms with van der Waals surface area (Å²) in [4.78, 5) is 15.9. The number of aliphatic hydroxyl groups excluding tert-OH is 1. The first kappa shape index (κ1) is 13.5. The Kier molecular flexibility index (Phi) is 1.79. The van der Waals surface area contributed by atoms with Crippen molar-refractivity contribution >= 4 is 5.78 Å². The van der Waals surface area contributed by atoms with Gasteiger partial charge in [-0.05, 0) is 36.5 Å². The van der Waals surface area contributed by atoms with E-state index >= 15 is 0 Å². The van der Waals surface area contributed by atoms with E-state index in [9.17, 15) is 15.0 Å². The minimum absolute atomic E-state index is 0.0640. The van der Waals surface area contributed by atoms with Crippen molar-refractivity contribution < 1.29 is 15.0 Å². The number of carbonyl (C=O) groups is 1. The summed E-state index contributed by atoms with van der Waals surface area (Å²) in [6, 6.07) is 0.219. The fourth-order valence-electron chi connectivity index (χ4n) is 10.4. The number of Topliss-reactive ketones (excluding diaryl/α,β-unsaturated/α-hetero) is 1. The summed E-state index contributed by atoms with van der Waals surface area (Å²) >= 11 is 0. The Bertz CT molecular complexity index is 764. The molecule has 9 rings (SSSR count). The summed E-state index contributed by atoms with van der Waals surface area (Å²) in [6.45, 7) is 7.46. The van der Waals surface area contributed by atoms with Crippen molar-refractivity contribution in [1.29, 1.82) is 0 Å². The monoisotopic (exact) mass is 327 g/mol. The molecular weight excluding hydrogens is 302 g/mol. The van der Waals surface area contributed by atoms with Crippen molar-refractivity contribution in [3.63, 3.8) is 0 Å². The Morgan fingerprint density at radius 3 is 2.92 bits per heavy atom. The highest BCUT2D eigenvalue weighted by atomic mass is 16.3. The highest BCUT2D eigenvalue weighted by molar-refractivity contribution is 5.92. The number of piperidine rings is 2. The van der Waals surface area contributed by atoms with E-state index in [0.717, 1.165) is 25.0 Å². The molecule has 0 aromatic carbocycles.